The number of carbonyl (C=O) groups is 1. The van der Waals surface area contributed by atoms with Crippen LogP contribution in [0.2, 0.25) is 0 Å². The Labute approximate surface area is 169 Å². The zero-order valence-corrected chi connectivity index (χ0v) is 17.2. The van der Waals surface area contributed by atoms with Gasteiger partial charge in [-0.05, 0) is 25.1 Å². The first kappa shape index (κ1) is 20.2. The lowest BCUT2D eigenvalue weighted by molar-refractivity contribution is 0.0776. The summed E-state index contributed by atoms with van der Waals surface area (Å²) in [6.45, 7) is 2.54. The molecule has 9 heteroatoms. The molecule has 1 amide bonds. The molecule has 2 heterocycles. The summed E-state index contributed by atoms with van der Waals surface area (Å²) in [5.41, 5.74) is 2.35. The molecule has 3 aromatic rings. The number of aryl methyl sites for hydroxylation is 1. The van der Waals surface area contributed by atoms with E-state index in [9.17, 15) is 4.79 Å². The first-order valence-corrected chi connectivity index (χ1v) is 9.04. The first-order chi connectivity index (χ1) is 13.9. The van der Waals surface area contributed by atoms with Gasteiger partial charge in [0.1, 0.15) is 0 Å². The van der Waals surface area contributed by atoms with Crippen LogP contribution in [0, 0.1) is 6.92 Å². The SMILES string of the molecule is COc1cccc(OC)c1OCn1ccc(C(=O)N(C)Cc2cnn(C)c2C)n1. The second kappa shape index (κ2) is 8.68. The Kier molecular flexibility index (Phi) is 6.06. The van der Waals surface area contributed by atoms with Crippen LogP contribution in [0.1, 0.15) is 21.7 Å². The van der Waals surface area contributed by atoms with Gasteiger partial charge in [-0.3, -0.25) is 9.48 Å². The van der Waals surface area contributed by atoms with Gasteiger partial charge in [0.05, 0.1) is 20.4 Å². The van der Waals surface area contributed by atoms with Crippen LogP contribution in [0.25, 0.3) is 0 Å². The van der Waals surface area contributed by atoms with E-state index >= 15 is 0 Å². The predicted molar refractivity (Wildman–Crippen MR) is 106 cm³/mol. The fourth-order valence-corrected chi connectivity index (χ4v) is 2.86. The largest absolute Gasteiger partial charge is 0.493 e. The standard InChI is InChI=1S/C20H25N5O4/c1-14-15(11-21-24(14)3)12-23(2)20(26)16-9-10-25(22-16)13-29-19-17(27-4)7-6-8-18(19)28-5/h6-11H,12-13H2,1-5H3. The Morgan fingerprint density at radius 2 is 1.86 bits per heavy atom. The monoisotopic (exact) mass is 399 g/mol. The summed E-state index contributed by atoms with van der Waals surface area (Å²) >= 11 is 0. The molecule has 0 saturated carbocycles. The Morgan fingerprint density at radius 1 is 1.17 bits per heavy atom. The van der Waals surface area contributed by atoms with Gasteiger partial charge in [-0.25, -0.2) is 4.68 Å². The smallest absolute Gasteiger partial charge is 0.274 e. The molecule has 9 nitrogen and oxygen atoms in total. The van der Waals surface area contributed by atoms with Gasteiger partial charge in [0, 0.05) is 38.1 Å². The summed E-state index contributed by atoms with van der Waals surface area (Å²) in [6.07, 6.45) is 3.46. The molecule has 0 N–H and O–H groups in total. The summed E-state index contributed by atoms with van der Waals surface area (Å²) in [6, 6.07) is 7.04. The average molecular weight is 399 g/mol. The molecule has 0 unspecified atom stereocenters. The molecule has 29 heavy (non-hydrogen) atoms. The molecule has 0 spiro atoms. The van der Waals surface area contributed by atoms with Crippen molar-refractivity contribution in [1.82, 2.24) is 24.5 Å². The fourth-order valence-electron chi connectivity index (χ4n) is 2.86. The van der Waals surface area contributed by atoms with Gasteiger partial charge in [0.15, 0.2) is 23.9 Å². The minimum absolute atomic E-state index is 0.107. The third-order valence-corrected chi connectivity index (χ3v) is 4.67. The van der Waals surface area contributed by atoms with Crippen molar-refractivity contribution >= 4 is 5.91 Å². The summed E-state index contributed by atoms with van der Waals surface area (Å²) in [4.78, 5) is 14.3. The quantitative estimate of drug-likeness (QED) is 0.578. The number of nitrogens with zero attached hydrogens (tertiary/aromatic N) is 5. The normalized spacial score (nSPS) is 10.7. The van der Waals surface area contributed by atoms with Crippen LogP contribution in [0.3, 0.4) is 0 Å². The highest BCUT2D eigenvalue weighted by Gasteiger charge is 2.18. The number of amides is 1. The maximum atomic E-state index is 12.7. The Balaban J connectivity index is 1.66. The maximum absolute atomic E-state index is 12.7. The van der Waals surface area contributed by atoms with E-state index in [0.717, 1.165) is 11.3 Å². The molecule has 154 valence electrons. The van der Waals surface area contributed by atoms with Crippen molar-refractivity contribution in [2.75, 3.05) is 21.3 Å². The van der Waals surface area contributed by atoms with E-state index in [1.807, 2.05) is 20.0 Å². The highest BCUT2D eigenvalue weighted by Crippen LogP contribution is 2.36. The van der Waals surface area contributed by atoms with Gasteiger partial charge in [-0.2, -0.15) is 10.2 Å². The van der Waals surface area contributed by atoms with Crippen LogP contribution < -0.4 is 14.2 Å². The molecular formula is C20H25N5O4. The molecule has 1 aromatic carbocycles. The van der Waals surface area contributed by atoms with Crippen LogP contribution in [0.15, 0.2) is 36.7 Å². The molecule has 0 aliphatic heterocycles. The number of para-hydroxylation sites is 1. The van der Waals surface area contributed by atoms with E-state index in [2.05, 4.69) is 10.2 Å². The minimum atomic E-state index is -0.179. The molecular weight excluding hydrogens is 374 g/mol. The Morgan fingerprint density at radius 3 is 2.45 bits per heavy atom. The van der Waals surface area contributed by atoms with Crippen LogP contribution in [0.5, 0.6) is 17.2 Å². The van der Waals surface area contributed by atoms with E-state index in [-0.39, 0.29) is 12.6 Å². The summed E-state index contributed by atoms with van der Waals surface area (Å²) < 4.78 is 19.8. The lowest BCUT2D eigenvalue weighted by atomic mass is 10.2. The first-order valence-electron chi connectivity index (χ1n) is 9.04. The average Bonchev–Trinajstić information content (AvgIpc) is 3.33. The van der Waals surface area contributed by atoms with Crippen LogP contribution in [0.4, 0.5) is 0 Å². The summed E-state index contributed by atoms with van der Waals surface area (Å²) in [7, 11) is 6.74. The topological polar surface area (TPSA) is 83.6 Å². The van der Waals surface area contributed by atoms with E-state index < -0.39 is 0 Å². The molecule has 0 aliphatic carbocycles. The molecule has 0 atom stereocenters. The second-order valence-electron chi connectivity index (χ2n) is 6.55. The van der Waals surface area contributed by atoms with E-state index in [1.54, 1.807) is 66.1 Å². The molecule has 0 bridgehead atoms. The van der Waals surface area contributed by atoms with Crippen molar-refractivity contribution < 1.29 is 19.0 Å². The molecule has 3 rings (SSSR count). The highest BCUT2D eigenvalue weighted by atomic mass is 16.5. The van der Waals surface area contributed by atoms with Crippen molar-refractivity contribution in [1.29, 1.82) is 0 Å². The van der Waals surface area contributed by atoms with E-state index in [0.29, 0.717) is 29.5 Å². The van der Waals surface area contributed by atoms with Crippen molar-refractivity contribution in [3.8, 4) is 17.2 Å². The third kappa shape index (κ3) is 4.34. The number of aromatic nitrogens is 4. The predicted octanol–water partition coefficient (Wildman–Crippen LogP) is 2.25. The van der Waals surface area contributed by atoms with Crippen molar-refractivity contribution in [2.24, 2.45) is 7.05 Å². The molecule has 2 aromatic heterocycles. The number of benzene rings is 1. The summed E-state index contributed by atoms with van der Waals surface area (Å²) in [5.74, 6) is 1.41. The van der Waals surface area contributed by atoms with Gasteiger partial charge in [0.25, 0.3) is 5.91 Å². The molecule has 0 aliphatic rings. The van der Waals surface area contributed by atoms with Gasteiger partial charge in [-0.15, -0.1) is 0 Å². The third-order valence-electron chi connectivity index (χ3n) is 4.67. The van der Waals surface area contributed by atoms with Crippen molar-refractivity contribution in [3.63, 3.8) is 0 Å². The van der Waals surface area contributed by atoms with Gasteiger partial charge in [-0.1, -0.05) is 6.07 Å². The van der Waals surface area contributed by atoms with E-state index in [1.165, 1.54) is 0 Å². The highest BCUT2D eigenvalue weighted by molar-refractivity contribution is 5.91. The number of hydrogen-bond donors (Lipinski definition) is 0. The Bertz CT molecular complexity index is 972. The molecule has 0 radical (unpaired) electrons. The number of ether oxygens (including phenoxy) is 3. The number of methoxy groups -OCH3 is 2. The zero-order chi connectivity index (χ0) is 21.0. The van der Waals surface area contributed by atoms with Gasteiger partial charge < -0.3 is 19.1 Å². The lowest BCUT2D eigenvalue weighted by Gasteiger charge is -2.16. The van der Waals surface area contributed by atoms with Crippen molar-refractivity contribution in [2.45, 2.75) is 20.2 Å². The van der Waals surface area contributed by atoms with Crippen LogP contribution in [-0.2, 0) is 20.3 Å². The van der Waals surface area contributed by atoms with Gasteiger partial charge >= 0.3 is 0 Å². The fraction of sp³-hybridized carbons (Fsp3) is 0.350. The lowest BCUT2D eigenvalue weighted by Crippen LogP contribution is -2.27. The number of rotatable bonds is 8. The number of hydrogen-bond acceptors (Lipinski definition) is 6. The molecule has 0 fully saturated rings. The van der Waals surface area contributed by atoms with Crippen LogP contribution in [-0.4, -0.2) is 51.6 Å². The minimum Gasteiger partial charge on any atom is -0.493 e. The zero-order valence-electron chi connectivity index (χ0n) is 17.2. The Hall–Kier alpha value is -3.49. The second-order valence-corrected chi connectivity index (χ2v) is 6.55. The van der Waals surface area contributed by atoms with Crippen LogP contribution >= 0.6 is 0 Å². The van der Waals surface area contributed by atoms with E-state index in [4.69, 9.17) is 14.2 Å². The maximum Gasteiger partial charge on any atom is 0.274 e. The molecule has 0 saturated heterocycles. The summed E-state index contributed by atoms with van der Waals surface area (Å²) in [5, 5.41) is 8.53. The number of carbonyl (C=O) groups excluding carboxylic acids is 1. The van der Waals surface area contributed by atoms with Gasteiger partial charge in [0.2, 0.25) is 5.75 Å². The van der Waals surface area contributed by atoms with Crippen molar-refractivity contribution in [3.05, 3.63) is 53.6 Å².